The van der Waals surface area contributed by atoms with Crippen LogP contribution in [0.2, 0.25) is 0 Å². The molecular formula is C15H22N2O2S. The third-order valence-electron chi connectivity index (χ3n) is 3.69. The van der Waals surface area contributed by atoms with E-state index in [1.807, 2.05) is 49.2 Å². The number of benzene rings is 1. The first-order chi connectivity index (χ1) is 9.58. The lowest BCUT2D eigenvalue weighted by molar-refractivity contribution is 0.147. The van der Waals surface area contributed by atoms with Crippen molar-refractivity contribution in [2.45, 2.75) is 25.9 Å². The van der Waals surface area contributed by atoms with Crippen molar-refractivity contribution in [2.24, 2.45) is 0 Å². The average molecular weight is 294 g/mol. The van der Waals surface area contributed by atoms with Crippen LogP contribution in [-0.2, 0) is 17.3 Å². The molecule has 20 heavy (non-hydrogen) atoms. The predicted molar refractivity (Wildman–Crippen MR) is 82.0 cm³/mol. The molecule has 2 amide bonds. The van der Waals surface area contributed by atoms with E-state index in [-0.39, 0.29) is 12.1 Å². The number of hydrogen-bond donors (Lipinski definition) is 0. The van der Waals surface area contributed by atoms with E-state index in [1.54, 1.807) is 4.90 Å². The van der Waals surface area contributed by atoms with Crippen molar-refractivity contribution in [2.75, 3.05) is 25.1 Å². The fourth-order valence-corrected chi connectivity index (χ4v) is 3.62. The van der Waals surface area contributed by atoms with Crippen LogP contribution in [0.1, 0.15) is 18.9 Å². The smallest absolute Gasteiger partial charge is 0.320 e. The Kier molecular flexibility index (Phi) is 5.17. The molecule has 1 aromatic carbocycles. The molecule has 0 aromatic heterocycles. The van der Waals surface area contributed by atoms with Crippen LogP contribution in [-0.4, -0.2) is 51.2 Å². The molecule has 0 radical (unpaired) electrons. The summed E-state index contributed by atoms with van der Waals surface area (Å²) in [5, 5.41) is 0. The van der Waals surface area contributed by atoms with Gasteiger partial charge in [0.1, 0.15) is 0 Å². The van der Waals surface area contributed by atoms with E-state index in [9.17, 15) is 9.00 Å². The molecule has 0 spiro atoms. The van der Waals surface area contributed by atoms with Gasteiger partial charge in [-0.2, -0.15) is 0 Å². The van der Waals surface area contributed by atoms with Crippen LogP contribution in [0.15, 0.2) is 30.3 Å². The molecule has 0 N–H and O–H groups in total. The predicted octanol–water partition coefficient (Wildman–Crippen LogP) is 2.08. The lowest BCUT2D eigenvalue weighted by atomic mass is 10.2. The second-order valence-electron chi connectivity index (χ2n) is 5.30. The summed E-state index contributed by atoms with van der Waals surface area (Å²) in [6.45, 7) is 3.23. The van der Waals surface area contributed by atoms with Crippen LogP contribution in [0.4, 0.5) is 4.79 Å². The topological polar surface area (TPSA) is 40.6 Å². The molecule has 2 unspecified atom stereocenters. The molecule has 1 saturated heterocycles. The summed E-state index contributed by atoms with van der Waals surface area (Å²) >= 11 is 0. The van der Waals surface area contributed by atoms with Crippen molar-refractivity contribution in [3.8, 4) is 0 Å². The zero-order chi connectivity index (χ0) is 14.5. The Labute approximate surface area is 123 Å². The third kappa shape index (κ3) is 3.82. The summed E-state index contributed by atoms with van der Waals surface area (Å²) in [7, 11) is 1.04. The minimum absolute atomic E-state index is 0.0280. The monoisotopic (exact) mass is 294 g/mol. The van der Waals surface area contributed by atoms with E-state index in [2.05, 4.69) is 0 Å². The van der Waals surface area contributed by atoms with Crippen LogP contribution in [0.25, 0.3) is 0 Å². The third-order valence-corrected chi connectivity index (χ3v) is 5.02. The van der Waals surface area contributed by atoms with Crippen LogP contribution in [0, 0.1) is 0 Å². The molecule has 1 fully saturated rings. The summed E-state index contributed by atoms with van der Waals surface area (Å²) in [4.78, 5) is 16.1. The maximum Gasteiger partial charge on any atom is 0.320 e. The molecule has 110 valence electrons. The van der Waals surface area contributed by atoms with Gasteiger partial charge < -0.3 is 9.80 Å². The first-order valence-electron chi connectivity index (χ1n) is 6.98. The SMILES string of the molecule is CC1CCS(=O)CCN1C(=O)N(C)Cc1ccccc1. The molecule has 0 bridgehead atoms. The molecule has 1 aliphatic heterocycles. The molecule has 1 aromatic rings. The van der Waals surface area contributed by atoms with Gasteiger partial charge in [0.2, 0.25) is 0 Å². The van der Waals surface area contributed by atoms with Crippen molar-refractivity contribution in [3.05, 3.63) is 35.9 Å². The fraction of sp³-hybridized carbons (Fsp3) is 0.533. The van der Waals surface area contributed by atoms with Crippen LogP contribution >= 0.6 is 0 Å². The summed E-state index contributed by atoms with van der Waals surface area (Å²) in [5.74, 6) is 1.29. The number of urea groups is 1. The highest BCUT2D eigenvalue weighted by Gasteiger charge is 2.26. The number of carbonyl (C=O) groups excluding carboxylic acids is 1. The van der Waals surface area contributed by atoms with Crippen LogP contribution in [0.5, 0.6) is 0 Å². The Bertz CT molecular complexity index is 478. The molecule has 2 rings (SSSR count). The molecule has 4 nitrogen and oxygen atoms in total. The van der Waals surface area contributed by atoms with E-state index < -0.39 is 10.8 Å². The minimum Gasteiger partial charge on any atom is -0.323 e. The van der Waals surface area contributed by atoms with Crippen molar-refractivity contribution >= 4 is 16.8 Å². The molecular weight excluding hydrogens is 272 g/mol. The Morgan fingerprint density at radius 2 is 2.05 bits per heavy atom. The fourth-order valence-electron chi connectivity index (χ4n) is 2.41. The van der Waals surface area contributed by atoms with Gasteiger partial charge in [-0.1, -0.05) is 30.3 Å². The van der Waals surface area contributed by atoms with Crippen LogP contribution in [0.3, 0.4) is 0 Å². The van der Waals surface area contributed by atoms with Gasteiger partial charge in [-0.3, -0.25) is 4.21 Å². The number of amides is 2. The van der Waals surface area contributed by atoms with Crippen molar-refractivity contribution < 1.29 is 9.00 Å². The largest absolute Gasteiger partial charge is 0.323 e. The lowest BCUT2D eigenvalue weighted by Crippen LogP contribution is -2.46. The normalized spacial score (nSPS) is 23.2. The summed E-state index contributed by atoms with van der Waals surface area (Å²) in [5.41, 5.74) is 1.12. The number of hydrogen-bond acceptors (Lipinski definition) is 2. The zero-order valence-electron chi connectivity index (χ0n) is 12.1. The molecule has 5 heteroatoms. The number of nitrogens with zero attached hydrogens (tertiary/aromatic N) is 2. The standard InChI is InChI=1S/C15H22N2O2S/c1-13-8-10-20(19)11-9-17(13)15(18)16(2)12-14-6-4-3-5-7-14/h3-7,13H,8-12H2,1-2H3. The van der Waals surface area contributed by atoms with E-state index in [0.29, 0.717) is 24.6 Å². The Morgan fingerprint density at radius 1 is 1.35 bits per heavy atom. The van der Waals surface area contributed by atoms with E-state index in [1.165, 1.54) is 0 Å². The molecule has 1 aliphatic rings. The van der Waals surface area contributed by atoms with Gasteiger partial charge >= 0.3 is 6.03 Å². The van der Waals surface area contributed by atoms with E-state index in [0.717, 1.165) is 12.0 Å². The van der Waals surface area contributed by atoms with Gasteiger partial charge in [-0.15, -0.1) is 0 Å². The van der Waals surface area contributed by atoms with Crippen molar-refractivity contribution in [1.82, 2.24) is 9.80 Å². The molecule has 1 heterocycles. The lowest BCUT2D eigenvalue weighted by Gasteiger charge is -2.31. The zero-order valence-corrected chi connectivity index (χ0v) is 12.9. The summed E-state index contributed by atoms with van der Waals surface area (Å²) in [6.07, 6.45) is 0.817. The van der Waals surface area contributed by atoms with E-state index in [4.69, 9.17) is 0 Å². The highest BCUT2D eigenvalue weighted by molar-refractivity contribution is 7.85. The first kappa shape index (κ1) is 15.0. The minimum atomic E-state index is -0.779. The Morgan fingerprint density at radius 3 is 2.75 bits per heavy atom. The van der Waals surface area contributed by atoms with Gasteiger partial charge in [0.05, 0.1) is 0 Å². The number of rotatable bonds is 2. The molecule has 0 aliphatic carbocycles. The van der Waals surface area contributed by atoms with Crippen LogP contribution < -0.4 is 0 Å². The maximum atomic E-state index is 12.5. The van der Waals surface area contributed by atoms with Gasteiger partial charge in [0.25, 0.3) is 0 Å². The summed E-state index contributed by atoms with van der Waals surface area (Å²) < 4.78 is 11.6. The van der Waals surface area contributed by atoms with Gasteiger partial charge in [0.15, 0.2) is 0 Å². The quantitative estimate of drug-likeness (QED) is 0.838. The highest BCUT2D eigenvalue weighted by atomic mass is 32.2. The van der Waals surface area contributed by atoms with Gasteiger partial charge in [-0.25, -0.2) is 4.79 Å². The van der Waals surface area contributed by atoms with Gasteiger partial charge in [-0.05, 0) is 18.9 Å². The highest BCUT2D eigenvalue weighted by Crippen LogP contribution is 2.14. The first-order valence-corrected chi connectivity index (χ1v) is 8.47. The van der Waals surface area contributed by atoms with Gasteiger partial charge in [0, 0.05) is 48.5 Å². The Balaban J connectivity index is 2.00. The maximum absolute atomic E-state index is 12.5. The summed E-state index contributed by atoms with van der Waals surface area (Å²) in [6, 6.07) is 10.1. The van der Waals surface area contributed by atoms with Crippen molar-refractivity contribution in [1.29, 1.82) is 0 Å². The number of carbonyl (C=O) groups is 1. The van der Waals surface area contributed by atoms with Crippen molar-refractivity contribution in [3.63, 3.8) is 0 Å². The average Bonchev–Trinajstić information content (AvgIpc) is 2.61. The molecule has 0 saturated carbocycles. The Hall–Kier alpha value is -1.36. The molecule has 2 atom stereocenters. The van der Waals surface area contributed by atoms with E-state index >= 15 is 0 Å². The second-order valence-corrected chi connectivity index (χ2v) is 7.00. The second kappa shape index (κ2) is 6.88.